The van der Waals surface area contributed by atoms with Gasteiger partial charge in [-0.05, 0) is 43.7 Å². The lowest BCUT2D eigenvalue weighted by Gasteiger charge is -2.15. The summed E-state index contributed by atoms with van der Waals surface area (Å²) >= 11 is 1.34. The molecule has 1 atom stereocenters. The van der Waals surface area contributed by atoms with E-state index in [-0.39, 0.29) is 24.3 Å². The molecule has 6 heteroatoms. The van der Waals surface area contributed by atoms with Crippen molar-refractivity contribution in [2.45, 2.75) is 25.7 Å². The third kappa shape index (κ3) is 3.44. The topological polar surface area (TPSA) is 69.6 Å². The Morgan fingerprint density at radius 2 is 2.14 bits per heavy atom. The van der Waals surface area contributed by atoms with Crippen molar-refractivity contribution in [1.82, 2.24) is 4.90 Å². The van der Waals surface area contributed by atoms with E-state index in [0.717, 1.165) is 43.8 Å². The first-order valence-electron chi connectivity index (χ1n) is 7.48. The van der Waals surface area contributed by atoms with Crippen molar-refractivity contribution < 1.29 is 14.7 Å². The minimum absolute atomic E-state index is 0.0346. The van der Waals surface area contributed by atoms with Gasteiger partial charge in [0.2, 0.25) is 5.91 Å². The molecule has 2 fully saturated rings. The van der Waals surface area contributed by atoms with Crippen molar-refractivity contribution in [2.24, 2.45) is 11.8 Å². The molecule has 0 aromatic carbocycles. The van der Waals surface area contributed by atoms with Gasteiger partial charge >= 0.3 is 0 Å². The highest BCUT2D eigenvalue weighted by Gasteiger charge is 2.30. The van der Waals surface area contributed by atoms with Crippen LogP contribution in [0.1, 0.15) is 35.4 Å². The number of carbonyl (C=O) groups excluding carboxylic acids is 2. The van der Waals surface area contributed by atoms with Crippen molar-refractivity contribution in [2.75, 3.05) is 25.0 Å². The molecular formula is C15H20N2O3S. The van der Waals surface area contributed by atoms with Crippen LogP contribution in [0.3, 0.4) is 0 Å². The summed E-state index contributed by atoms with van der Waals surface area (Å²) in [6.07, 6.45) is 3.67. The number of anilines is 1. The van der Waals surface area contributed by atoms with Gasteiger partial charge in [-0.1, -0.05) is 0 Å². The molecule has 1 aliphatic heterocycles. The van der Waals surface area contributed by atoms with Crippen molar-refractivity contribution >= 4 is 28.2 Å². The summed E-state index contributed by atoms with van der Waals surface area (Å²) in [4.78, 5) is 26.6. The lowest BCUT2D eigenvalue weighted by atomic mass is 10.1. The van der Waals surface area contributed by atoms with Gasteiger partial charge in [-0.2, -0.15) is 0 Å². The van der Waals surface area contributed by atoms with E-state index in [9.17, 15) is 9.59 Å². The molecule has 0 spiro atoms. The number of nitrogens with zero attached hydrogens (tertiary/aromatic N) is 1. The third-order valence-electron chi connectivity index (χ3n) is 4.12. The van der Waals surface area contributed by atoms with E-state index >= 15 is 0 Å². The van der Waals surface area contributed by atoms with Crippen molar-refractivity contribution in [3.8, 4) is 0 Å². The largest absolute Gasteiger partial charge is 0.396 e. The first-order valence-corrected chi connectivity index (χ1v) is 8.30. The van der Waals surface area contributed by atoms with Gasteiger partial charge in [-0.25, -0.2) is 0 Å². The van der Waals surface area contributed by atoms with Gasteiger partial charge in [0, 0.05) is 25.6 Å². The summed E-state index contributed by atoms with van der Waals surface area (Å²) in [6.45, 7) is 1.66. The SMILES string of the molecule is O=C(Nc1ccc(C(=O)N2CCC(CCO)C2)s1)C1CC1. The number of thiophene rings is 1. The fourth-order valence-electron chi connectivity index (χ4n) is 2.68. The van der Waals surface area contributed by atoms with E-state index in [1.165, 1.54) is 11.3 Å². The first kappa shape index (κ1) is 14.5. The molecule has 3 rings (SSSR count). The molecular weight excluding hydrogens is 288 g/mol. The van der Waals surface area contributed by atoms with Gasteiger partial charge in [-0.3, -0.25) is 9.59 Å². The van der Waals surface area contributed by atoms with E-state index < -0.39 is 0 Å². The molecule has 1 aliphatic carbocycles. The highest BCUT2D eigenvalue weighted by molar-refractivity contribution is 7.18. The summed E-state index contributed by atoms with van der Waals surface area (Å²) in [5.41, 5.74) is 0. The van der Waals surface area contributed by atoms with Gasteiger partial charge in [0.25, 0.3) is 5.91 Å². The molecule has 2 heterocycles. The highest BCUT2D eigenvalue weighted by Crippen LogP contribution is 2.32. The van der Waals surface area contributed by atoms with Gasteiger partial charge in [0.05, 0.1) is 9.88 Å². The summed E-state index contributed by atoms with van der Waals surface area (Å²) in [6, 6.07) is 3.59. The average Bonchev–Trinajstić information content (AvgIpc) is 3.06. The van der Waals surface area contributed by atoms with E-state index in [1.54, 1.807) is 12.1 Å². The number of hydrogen-bond donors (Lipinski definition) is 2. The van der Waals surface area contributed by atoms with E-state index in [1.807, 2.05) is 4.90 Å². The Labute approximate surface area is 128 Å². The van der Waals surface area contributed by atoms with Crippen LogP contribution in [-0.4, -0.2) is 41.5 Å². The molecule has 0 bridgehead atoms. The lowest BCUT2D eigenvalue weighted by Crippen LogP contribution is -2.28. The fraction of sp³-hybridized carbons (Fsp3) is 0.600. The molecule has 2 amide bonds. The number of likely N-dealkylation sites (tertiary alicyclic amines) is 1. The van der Waals surface area contributed by atoms with Gasteiger partial charge < -0.3 is 15.3 Å². The zero-order chi connectivity index (χ0) is 14.8. The zero-order valence-corrected chi connectivity index (χ0v) is 12.7. The molecule has 114 valence electrons. The quantitative estimate of drug-likeness (QED) is 0.873. The highest BCUT2D eigenvalue weighted by atomic mass is 32.1. The first-order chi connectivity index (χ1) is 10.2. The molecule has 1 saturated carbocycles. The number of aliphatic hydroxyl groups is 1. The Kier molecular flexibility index (Phi) is 4.26. The second-order valence-corrected chi connectivity index (χ2v) is 6.93. The molecule has 1 aromatic heterocycles. The van der Waals surface area contributed by atoms with Crippen LogP contribution >= 0.6 is 11.3 Å². The summed E-state index contributed by atoms with van der Waals surface area (Å²) in [5, 5.41) is 12.6. The van der Waals surface area contributed by atoms with Crippen LogP contribution in [0, 0.1) is 11.8 Å². The van der Waals surface area contributed by atoms with Crippen LogP contribution in [0.15, 0.2) is 12.1 Å². The molecule has 1 aromatic rings. The second-order valence-electron chi connectivity index (χ2n) is 5.85. The maximum Gasteiger partial charge on any atom is 0.264 e. The number of amides is 2. The molecule has 1 unspecified atom stereocenters. The molecule has 0 radical (unpaired) electrons. The van der Waals surface area contributed by atoms with Crippen LogP contribution in [0.25, 0.3) is 0 Å². The normalized spacial score (nSPS) is 21.6. The molecule has 2 N–H and O–H groups in total. The number of hydrogen-bond acceptors (Lipinski definition) is 4. The predicted octanol–water partition coefficient (Wildman–Crippen LogP) is 1.94. The Morgan fingerprint density at radius 1 is 1.33 bits per heavy atom. The summed E-state index contributed by atoms with van der Waals surface area (Å²) in [7, 11) is 0. The maximum absolute atomic E-state index is 12.4. The number of aliphatic hydroxyl groups excluding tert-OH is 1. The van der Waals surface area contributed by atoms with E-state index in [4.69, 9.17) is 5.11 Å². The van der Waals surface area contributed by atoms with Crippen molar-refractivity contribution in [1.29, 1.82) is 0 Å². The number of nitrogens with one attached hydrogen (secondary N) is 1. The molecule has 1 saturated heterocycles. The van der Waals surface area contributed by atoms with Crippen LogP contribution in [0.2, 0.25) is 0 Å². The fourth-order valence-corrected chi connectivity index (χ4v) is 3.56. The van der Waals surface area contributed by atoms with Crippen LogP contribution in [0.5, 0.6) is 0 Å². The number of rotatable bonds is 5. The Hall–Kier alpha value is -1.40. The summed E-state index contributed by atoms with van der Waals surface area (Å²) < 4.78 is 0. The predicted molar refractivity (Wildman–Crippen MR) is 81.4 cm³/mol. The molecule has 5 nitrogen and oxygen atoms in total. The monoisotopic (exact) mass is 308 g/mol. The van der Waals surface area contributed by atoms with E-state index in [2.05, 4.69) is 5.32 Å². The zero-order valence-electron chi connectivity index (χ0n) is 11.9. The number of carbonyl (C=O) groups is 2. The van der Waals surface area contributed by atoms with Crippen molar-refractivity contribution in [3.05, 3.63) is 17.0 Å². The van der Waals surface area contributed by atoms with Gasteiger partial charge in [0.1, 0.15) is 0 Å². The van der Waals surface area contributed by atoms with Gasteiger partial charge in [0.15, 0.2) is 0 Å². The summed E-state index contributed by atoms with van der Waals surface area (Å²) in [5.74, 6) is 0.685. The maximum atomic E-state index is 12.4. The Morgan fingerprint density at radius 3 is 2.86 bits per heavy atom. The lowest BCUT2D eigenvalue weighted by molar-refractivity contribution is -0.117. The van der Waals surface area contributed by atoms with Gasteiger partial charge in [-0.15, -0.1) is 11.3 Å². The van der Waals surface area contributed by atoms with Crippen molar-refractivity contribution in [3.63, 3.8) is 0 Å². The standard InChI is InChI=1S/C15H20N2O3S/c18-8-6-10-5-7-17(9-10)15(20)12-3-4-13(21-12)16-14(19)11-1-2-11/h3-4,10-11,18H,1-2,5-9H2,(H,16,19). The third-order valence-corrected chi connectivity index (χ3v) is 5.11. The Balaban J connectivity index is 1.57. The smallest absolute Gasteiger partial charge is 0.264 e. The molecule has 2 aliphatic rings. The van der Waals surface area contributed by atoms with Crippen LogP contribution < -0.4 is 5.32 Å². The second kappa shape index (κ2) is 6.15. The molecule has 21 heavy (non-hydrogen) atoms. The van der Waals surface area contributed by atoms with Crippen LogP contribution in [-0.2, 0) is 4.79 Å². The minimum atomic E-state index is 0.0346. The van der Waals surface area contributed by atoms with E-state index in [0.29, 0.717) is 10.8 Å². The minimum Gasteiger partial charge on any atom is -0.396 e. The van der Waals surface area contributed by atoms with Crippen LogP contribution in [0.4, 0.5) is 5.00 Å². The average molecular weight is 308 g/mol. The Bertz CT molecular complexity index is 539.